The van der Waals surface area contributed by atoms with Gasteiger partial charge in [0.25, 0.3) is 0 Å². The summed E-state index contributed by atoms with van der Waals surface area (Å²) in [5, 5.41) is 0. The lowest BCUT2D eigenvalue weighted by atomic mass is 9.94. The molecule has 2 heteroatoms. The highest BCUT2D eigenvalue weighted by Crippen LogP contribution is 2.30. The van der Waals surface area contributed by atoms with Gasteiger partial charge in [-0.3, -0.25) is 0 Å². The zero-order valence-corrected chi connectivity index (χ0v) is 12.4. The number of nitrogens with two attached hydrogens (primary N) is 1. The van der Waals surface area contributed by atoms with Crippen LogP contribution in [0.5, 0.6) is 0 Å². The first-order valence-corrected chi connectivity index (χ1v) is 7.55. The SMILES string of the molecule is Cc1cc(C)cc(COC2(CN)CCCCCC2)c1. The Morgan fingerprint density at radius 2 is 1.58 bits per heavy atom. The van der Waals surface area contributed by atoms with Crippen LogP contribution in [0, 0.1) is 13.8 Å². The maximum absolute atomic E-state index is 6.27. The van der Waals surface area contributed by atoms with Crippen LogP contribution >= 0.6 is 0 Å². The number of hydrogen-bond acceptors (Lipinski definition) is 2. The Labute approximate surface area is 117 Å². The Kier molecular flexibility index (Phi) is 5.00. The summed E-state index contributed by atoms with van der Waals surface area (Å²) in [6, 6.07) is 6.63. The second-order valence-electron chi connectivity index (χ2n) is 6.09. The quantitative estimate of drug-likeness (QED) is 0.835. The van der Waals surface area contributed by atoms with E-state index in [-0.39, 0.29) is 5.60 Å². The largest absolute Gasteiger partial charge is 0.369 e. The van der Waals surface area contributed by atoms with Gasteiger partial charge in [0.15, 0.2) is 0 Å². The number of ether oxygens (including phenoxy) is 1. The molecule has 19 heavy (non-hydrogen) atoms. The minimum Gasteiger partial charge on any atom is -0.369 e. The van der Waals surface area contributed by atoms with Crippen LogP contribution in [0.2, 0.25) is 0 Å². The fourth-order valence-corrected chi connectivity index (χ4v) is 3.17. The van der Waals surface area contributed by atoms with Crippen LogP contribution in [0.25, 0.3) is 0 Å². The maximum atomic E-state index is 6.27. The summed E-state index contributed by atoms with van der Waals surface area (Å²) in [7, 11) is 0. The molecule has 2 nitrogen and oxygen atoms in total. The molecule has 0 heterocycles. The summed E-state index contributed by atoms with van der Waals surface area (Å²) in [6.07, 6.45) is 7.40. The molecule has 2 rings (SSSR count). The van der Waals surface area contributed by atoms with Crippen molar-refractivity contribution in [1.29, 1.82) is 0 Å². The van der Waals surface area contributed by atoms with Gasteiger partial charge in [0.1, 0.15) is 0 Å². The van der Waals surface area contributed by atoms with Gasteiger partial charge in [0.2, 0.25) is 0 Å². The summed E-state index contributed by atoms with van der Waals surface area (Å²) in [4.78, 5) is 0. The number of hydrogen-bond donors (Lipinski definition) is 1. The summed E-state index contributed by atoms with van der Waals surface area (Å²) in [6.45, 7) is 5.62. The zero-order valence-electron chi connectivity index (χ0n) is 12.4. The van der Waals surface area contributed by atoms with E-state index < -0.39 is 0 Å². The van der Waals surface area contributed by atoms with Crippen molar-refractivity contribution in [2.24, 2.45) is 5.73 Å². The van der Waals surface area contributed by atoms with E-state index in [0.29, 0.717) is 13.2 Å². The van der Waals surface area contributed by atoms with Crippen molar-refractivity contribution in [3.63, 3.8) is 0 Å². The predicted molar refractivity (Wildman–Crippen MR) is 80.2 cm³/mol. The van der Waals surface area contributed by atoms with Crippen molar-refractivity contribution in [1.82, 2.24) is 0 Å². The average Bonchev–Trinajstić information content (AvgIpc) is 2.61. The smallest absolute Gasteiger partial charge is 0.0808 e. The van der Waals surface area contributed by atoms with Crippen LogP contribution in [0.4, 0.5) is 0 Å². The fourth-order valence-electron chi connectivity index (χ4n) is 3.17. The van der Waals surface area contributed by atoms with E-state index >= 15 is 0 Å². The Morgan fingerprint density at radius 1 is 1.00 bits per heavy atom. The van der Waals surface area contributed by atoms with Crippen LogP contribution in [-0.4, -0.2) is 12.1 Å². The molecule has 106 valence electrons. The standard InChI is InChI=1S/C17H27NO/c1-14-9-15(2)11-16(10-14)12-19-17(13-18)7-5-3-4-6-8-17/h9-11H,3-8,12-13,18H2,1-2H3. The van der Waals surface area contributed by atoms with Crippen molar-refractivity contribution in [3.05, 3.63) is 34.9 Å². The van der Waals surface area contributed by atoms with Gasteiger partial charge in [0.05, 0.1) is 12.2 Å². The normalized spacial score (nSPS) is 19.1. The van der Waals surface area contributed by atoms with Crippen molar-refractivity contribution < 1.29 is 4.74 Å². The lowest BCUT2D eigenvalue weighted by Gasteiger charge is -2.31. The molecule has 2 N–H and O–H groups in total. The third-order valence-electron chi connectivity index (χ3n) is 4.21. The average molecular weight is 261 g/mol. The molecule has 0 unspecified atom stereocenters. The minimum absolute atomic E-state index is 0.0752. The van der Waals surface area contributed by atoms with Gasteiger partial charge < -0.3 is 10.5 Å². The maximum Gasteiger partial charge on any atom is 0.0808 e. The Hall–Kier alpha value is -0.860. The molecule has 0 amide bonds. The number of aryl methyl sites for hydroxylation is 2. The Morgan fingerprint density at radius 3 is 2.11 bits per heavy atom. The van der Waals surface area contributed by atoms with Crippen LogP contribution in [0.1, 0.15) is 55.2 Å². The molecule has 1 aliphatic carbocycles. The minimum atomic E-state index is -0.0752. The summed E-state index contributed by atoms with van der Waals surface area (Å²) < 4.78 is 6.27. The predicted octanol–water partition coefficient (Wildman–Crippen LogP) is 3.87. The van der Waals surface area contributed by atoms with E-state index in [1.807, 2.05) is 0 Å². The molecule has 1 aliphatic rings. The fraction of sp³-hybridized carbons (Fsp3) is 0.647. The second kappa shape index (κ2) is 6.53. The van der Waals surface area contributed by atoms with Crippen LogP contribution in [0.3, 0.4) is 0 Å². The van der Waals surface area contributed by atoms with Gasteiger partial charge in [-0.1, -0.05) is 55.0 Å². The van der Waals surface area contributed by atoms with E-state index in [2.05, 4.69) is 32.0 Å². The first-order valence-electron chi connectivity index (χ1n) is 7.55. The van der Waals surface area contributed by atoms with Gasteiger partial charge in [-0.2, -0.15) is 0 Å². The van der Waals surface area contributed by atoms with Crippen molar-refractivity contribution in [2.45, 2.75) is 64.6 Å². The van der Waals surface area contributed by atoms with E-state index in [9.17, 15) is 0 Å². The lowest BCUT2D eigenvalue weighted by Crippen LogP contribution is -2.40. The molecule has 0 spiro atoms. The monoisotopic (exact) mass is 261 g/mol. The van der Waals surface area contributed by atoms with E-state index in [1.165, 1.54) is 42.4 Å². The molecule has 1 saturated carbocycles. The summed E-state index contributed by atoms with van der Waals surface area (Å²) in [5.74, 6) is 0. The molecule has 0 aromatic heterocycles. The van der Waals surface area contributed by atoms with Crippen molar-refractivity contribution >= 4 is 0 Å². The van der Waals surface area contributed by atoms with E-state index in [1.54, 1.807) is 0 Å². The number of benzene rings is 1. The molecule has 1 fully saturated rings. The van der Waals surface area contributed by atoms with Gasteiger partial charge in [0, 0.05) is 6.54 Å². The third kappa shape index (κ3) is 4.05. The Balaban J connectivity index is 2.02. The highest BCUT2D eigenvalue weighted by molar-refractivity contribution is 5.28. The Bertz CT molecular complexity index is 385. The highest BCUT2D eigenvalue weighted by Gasteiger charge is 2.30. The first kappa shape index (κ1) is 14.5. The van der Waals surface area contributed by atoms with Gasteiger partial charge in [-0.05, 0) is 32.3 Å². The second-order valence-corrected chi connectivity index (χ2v) is 6.09. The third-order valence-corrected chi connectivity index (χ3v) is 4.21. The summed E-state index contributed by atoms with van der Waals surface area (Å²) in [5.41, 5.74) is 9.82. The van der Waals surface area contributed by atoms with Crippen molar-refractivity contribution in [2.75, 3.05) is 6.54 Å². The van der Waals surface area contributed by atoms with Crippen molar-refractivity contribution in [3.8, 4) is 0 Å². The van der Waals surface area contributed by atoms with Crippen LogP contribution < -0.4 is 5.73 Å². The lowest BCUT2D eigenvalue weighted by molar-refractivity contribution is -0.0602. The topological polar surface area (TPSA) is 35.2 Å². The molecule has 0 bridgehead atoms. The molecule has 1 aromatic carbocycles. The van der Waals surface area contributed by atoms with E-state index in [4.69, 9.17) is 10.5 Å². The van der Waals surface area contributed by atoms with Crippen LogP contribution in [0.15, 0.2) is 18.2 Å². The molecule has 1 aromatic rings. The van der Waals surface area contributed by atoms with Gasteiger partial charge in [-0.25, -0.2) is 0 Å². The molecular formula is C17H27NO. The zero-order chi connectivity index (χ0) is 13.7. The number of rotatable bonds is 4. The van der Waals surface area contributed by atoms with Crippen LogP contribution in [-0.2, 0) is 11.3 Å². The van der Waals surface area contributed by atoms with Gasteiger partial charge >= 0.3 is 0 Å². The molecular weight excluding hydrogens is 234 g/mol. The van der Waals surface area contributed by atoms with E-state index in [0.717, 1.165) is 12.8 Å². The molecule has 0 aliphatic heterocycles. The first-order chi connectivity index (χ1) is 9.13. The summed E-state index contributed by atoms with van der Waals surface area (Å²) >= 11 is 0. The molecule has 0 saturated heterocycles. The molecule has 0 radical (unpaired) electrons. The van der Waals surface area contributed by atoms with Gasteiger partial charge in [-0.15, -0.1) is 0 Å². The highest BCUT2D eigenvalue weighted by atomic mass is 16.5. The molecule has 0 atom stereocenters.